The van der Waals surface area contributed by atoms with Crippen LogP contribution in [0, 0.1) is 5.92 Å². The van der Waals surface area contributed by atoms with Crippen molar-refractivity contribution in [3.63, 3.8) is 0 Å². The highest BCUT2D eigenvalue weighted by atomic mass is 16.2. The smallest absolute Gasteiger partial charge is 0.226 e. The van der Waals surface area contributed by atoms with E-state index in [0.717, 1.165) is 70.8 Å². The maximum absolute atomic E-state index is 12.8. The second-order valence-corrected chi connectivity index (χ2v) is 8.71. The Balaban J connectivity index is 1.33. The van der Waals surface area contributed by atoms with Gasteiger partial charge in [0.15, 0.2) is 0 Å². The highest BCUT2D eigenvalue weighted by Gasteiger charge is 2.34. The summed E-state index contributed by atoms with van der Waals surface area (Å²) in [5, 5.41) is 0. The number of hydrogen-bond donors (Lipinski definition) is 0. The lowest BCUT2D eigenvalue weighted by molar-refractivity contribution is -0.136. The average molecular weight is 386 g/mol. The molecule has 1 amide bonds. The lowest BCUT2D eigenvalue weighted by Gasteiger charge is -2.43. The van der Waals surface area contributed by atoms with Gasteiger partial charge < -0.3 is 9.80 Å². The highest BCUT2D eigenvalue weighted by molar-refractivity contribution is 5.79. The van der Waals surface area contributed by atoms with Crippen LogP contribution in [-0.4, -0.2) is 71.0 Å². The van der Waals surface area contributed by atoms with E-state index in [4.69, 9.17) is 0 Å². The monoisotopic (exact) mass is 385 g/mol. The molecule has 1 atom stereocenters. The third-order valence-electron chi connectivity index (χ3n) is 6.78. The predicted molar refractivity (Wildman–Crippen MR) is 111 cm³/mol. The Morgan fingerprint density at radius 3 is 2.61 bits per heavy atom. The molecule has 154 valence electrons. The Hall–Kier alpha value is -1.69. The number of nitrogens with zero attached hydrogens (tertiary/aromatic N) is 5. The second kappa shape index (κ2) is 9.21. The molecule has 1 aromatic rings. The zero-order valence-electron chi connectivity index (χ0n) is 17.4. The van der Waals surface area contributed by atoms with Gasteiger partial charge in [0.2, 0.25) is 5.91 Å². The fourth-order valence-electron chi connectivity index (χ4n) is 5.26. The van der Waals surface area contributed by atoms with Gasteiger partial charge in [0.05, 0.1) is 5.92 Å². The van der Waals surface area contributed by atoms with Gasteiger partial charge in [-0.05, 0) is 51.5 Å². The molecule has 6 heteroatoms. The lowest BCUT2D eigenvalue weighted by atomic mass is 9.93. The van der Waals surface area contributed by atoms with E-state index in [2.05, 4.69) is 31.6 Å². The number of carbonyl (C=O) groups is 1. The van der Waals surface area contributed by atoms with Crippen LogP contribution in [0.25, 0.3) is 0 Å². The van der Waals surface area contributed by atoms with Crippen molar-refractivity contribution in [3.8, 4) is 0 Å². The summed E-state index contributed by atoms with van der Waals surface area (Å²) in [5.74, 6) is 1.78. The molecule has 0 aromatic carbocycles. The second-order valence-electron chi connectivity index (χ2n) is 8.71. The van der Waals surface area contributed by atoms with Crippen LogP contribution in [0.5, 0.6) is 0 Å². The first-order valence-corrected chi connectivity index (χ1v) is 11.3. The van der Waals surface area contributed by atoms with Crippen molar-refractivity contribution in [2.24, 2.45) is 5.92 Å². The third kappa shape index (κ3) is 4.32. The summed E-state index contributed by atoms with van der Waals surface area (Å²) in [5.41, 5.74) is 1.28. The molecule has 1 aromatic heterocycles. The van der Waals surface area contributed by atoms with Crippen LogP contribution in [0.4, 0.5) is 5.82 Å². The van der Waals surface area contributed by atoms with E-state index in [1.807, 2.05) is 6.20 Å². The Labute approximate surface area is 169 Å². The minimum Gasteiger partial charge on any atom is -0.356 e. The van der Waals surface area contributed by atoms with Crippen LogP contribution in [0.15, 0.2) is 12.5 Å². The zero-order valence-corrected chi connectivity index (χ0v) is 17.4. The molecular formula is C22H35N5O. The van der Waals surface area contributed by atoms with Crippen LogP contribution in [-0.2, 0) is 11.2 Å². The first kappa shape index (κ1) is 19.6. The number of piperidine rings is 2. The number of carbonyl (C=O) groups excluding carboxylic acids is 1. The van der Waals surface area contributed by atoms with E-state index >= 15 is 0 Å². The van der Waals surface area contributed by atoms with Gasteiger partial charge in [-0.3, -0.25) is 9.69 Å². The van der Waals surface area contributed by atoms with E-state index in [0.29, 0.717) is 11.9 Å². The SMILES string of the molecule is CCCc1cncnc1N1CCC(N2CCC[C@@H](C(=O)N3CCCC3)C2)CC1. The van der Waals surface area contributed by atoms with E-state index in [1.54, 1.807) is 6.33 Å². The number of amides is 1. The Bertz CT molecular complexity index is 652. The number of likely N-dealkylation sites (tertiary alicyclic amines) is 2. The van der Waals surface area contributed by atoms with Gasteiger partial charge in [-0.15, -0.1) is 0 Å². The molecule has 0 unspecified atom stereocenters. The van der Waals surface area contributed by atoms with Gasteiger partial charge >= 0.3 is 0 Å². The summed E-state index contributed by atoms with van der Waals surface area (Å²) >= 11 is 0. The molecule has 6 nitrogen and oxygen atoms in total. The molecule has 0 N–H and O–H groups in total. The first-order chi connectivity index (χ1) is 13.8. The number of anilines is 1. The molecule has 4 heterocycles. The number of aryl methyl sites for hydroxylation is 1. The Morgan fingerprint density at radius 2 is 1.86 bits per heavy atom. The molecule has 3 fully saturated rings. The molecule has 4 rings (SSSR count). The van der Waals surface area contributed by atoms with Gasteiger partial charge in [0, 0.05) is 50.5 Å². The van der Waals surface area contributed by atoms with Gasteiger partial charge in [0.1, 0.15) is 12.1 Å². The fourth-order valence-corrected chi connectivity index (χ4v) is 5.26. The van der Waals surface area contributed by atoms with E-state index in [1.165, 1.54) is 31.2 Å². The maximum Gasteiger partial charge on any atom is 0.226 e. The van der Waals surface area contributed by atoms with Gasteiger partial charge in [-0.1, -0.05) is 13.3 Å². The van der Waals surface area contributed by atoms with Crippen LogP contribution in [0.3, 0.4) is 0 Å². The minimum atomic E-state index is 0.225. The van der Waals surface area contributed by atoms with Gasteiger partial charge in [0.25, 0.3) is 0 Å². The topological polar surface area (TPSA) is 52.6 Å². The summed E-state index contributed by atoms with van der Waals surface area (Å²) in [6, 6.07) is 0.613. The first-order valence-electron chi connectivity index (χ1n) is 11.3. The zero-order chi connectivity index (χ0) is 19.3. The van der Waals surface area contributed by atoms with E-state index in [-0.39, 0.29) is 5.92 Å². The van der Waals surface area contributed by atoms with Crippen LogP contribution < -0.4 is 4.90 Å². The summed E-state index contributed by atoms with van der Waals surface area (Å²) in [6.45, 7) is 8.40. The molecule has 0 bridgehead atoms. The predicted octanol–water partition coefficient (Wildman–Crippen LogP) is 2.73. The molecule has 0 aliphatic carbocycles. The summed E-state index contributed by atoms with van der Waals surface area (Å²) in [6.07, 6.45) is 12.8. The van der Waals surface area contributed by atoms with Crippen LogP contribution in [0.2, 0.25) is 0 Å². The standard InChI is InChI=1S/C22H35N5O/c1-2-6-18-15-23-17-24-21(18)25-13-8-20(9-14-25)27-12-5-7-19(16-27)22(28)26-10-3-4-11-26/h15,17,19-20H,2-14,16H2,1H3/t19-/m1/s1. The quantitative estimate of drug-likeness (QED) is 0.780. The Morgan fingerprint density at radius 1 is 1.07 bits per heavy atom. The molecular weight excluding hydrogens is 350 g/mol. The molecule has 3 saturated heterocycles. The van der Waals surface area contributed by atoms with Crippen molar-refractivity contribution in [1.82, 2.24) is 19.8 Å². The van der Waals surface area contributed by atoms with Crippen molar-refractivity contribution >= 4 is 11.7 Å². The minimum absolute atomic E-state index is 0.225. The third-order valence-corrected chi connectivity index (χ3v) is 6.78. The molecule has 0 spiro atoms. The van der Waals surface area contributed by atoms with Crippen molar-refractivity contribution in [2.45, 2.75) is 64.3 Å². The average Bonchev–Trinajstić information content (AvgIpc) is 3.29. The molecule has 0 radical (unpaired) electrons. The number of hydrogen-bond acceptors (Lipinski definition) is 5. The van der Waals surface area contributed by atoms with E-state index < -0.39 is 0 Å². The van der Waals surface area contributed by atoms with Crippen LogP contribution in [0.1, 0.15) is 57.4 Å². The highest BCUT2D eigenvalue weighted by Crippen LogP contribution is 2.28. The lowest BCUT2D eigenvalue weighted by Crippen LogP contribution is -2.51. The summed E-state index contributed by atoms with van der Waals surface area (Å²) in [7, 11) is 0. The maximum atomic E-state index is 12.8. The van der Waals surface area contributed by atoms with Gasteiger partial charge in [-0.25, -0.2) is 9.97 Å². The largest absolute Gasteiger partial charge is 0.356 e. The van der Waals surface area contributed by atoms with Gasteiger partial charge in [-0.2, -0.15) is 0 Å². The van der Waals surface area contributed by atoms with Crippen molar-refractivity contribution in [1.29, 1.82) is 0 Å². The van der Waals surface area contributed by atoms with Crippen molar-refractivity contribution in [2.75, 3.05) is 44.2 Å². The van der Waals surface area contributed by atoms with E-state index in [9.17, 15) is 4.79 Å². The van der Waals surface area contributed by atoms with Crippen molar-refractivity contribution < 1.29 is 4.79 Å². The fraction of sp³-hybridized carbons (Fsp3) is 0.773. The molecule has 28 heavy (non-hydrogen) atoms. The molecule has 3 aliphatic rings. The van der Waals surface area contributed by atoms with Crippen molar-refractivity contribution in [3.05, 3.63) is 18.1 Å². The number of rotatable bonds is 5. The summed E-state index contributed by atoms with van der Waals surface area (Å²) in [4.78, 5) is 28.8. The Kier molecular flexibility index (Phi) is 6.45. The molecule has 0 saturated carbocycles. The van der Waals surface area contributed by atoms with Crippen LogP contribution >= 0.6 is 0 Å². The summed E-state index contributed by atoms with van der Waals surface area (Å²) < 4.78 is 0. The normalized spacial score (nSPS) is 24.7. The number of aromatic nitrogens is 2. The molecule has 3 aliphatic heterocycles.